The number of carbonyl (C=O) groups excluding carboxylic acids is 1. The molecule has 0 aliphatic carbocycles. The van der Waals surface area contributed by atoms with E-state index in [-0.39, 0.29) is 23.0 Å². The molecule has 132 valence electrons. The minimum Gasteiger partial charge on any atom is -0.502 e. The molecule has 0 fully saturated rings. The lowest BCUT2D eigenvalue weighted by atomic mass is 10.2. The number of hydrogen-bond donors (Lipinski definition) is 2. The van der Waals surface area contributed by atoms with E-state index in [0.29, 0.717) is 17.4 Å². The molecule has 2 N–H and O–H groups in total. The van der Waals surface area contributed by atoms with Gasteiger partial charge in [-0.1, -0.05) is 11.6 Å². The van der Waals surface area contributed by atoms with Crippen molar-refractivity contribution in [3.05, 3.63) is 43.9 Å². The fraction of sp³-hybridized carbons (Fsp3) is 0.214. The third-order valence-corrected chi connectivity index (χ3v) is 3.84. The summed E-state index contributed by atoms with van der Waals surface area (Å²) in [4.78, 5) is 25.6. The van der Waals surface area contributed by atoms with Crippen molar-refractivity contribution in [2.24, 2.45) is 5.10 Å². The predicted octanol–water partition coefficient (Wildman–Crippen LogP) is 2.96. The lowest BCUT2D eigenvalue weighted by Gasteiger charge is -2.01. The normalized spacial score (nSPS) is 10.8. The van der Waals surface area contributed by atoms with Crippen molar-refractivity contribution in [3.8, 4) is 5.75 Å². The van der Waals surface area contributed by atoms with Crippen molar-refractivity contribution in [1.82, 2.24) is 4.98 Å². The summed E-state index contributed by atoms with van der Waals surface area (Å²) in [6.07, 6.45) is 1.23. The van der Waals surface area contributed by atoms with Crippen LogP contribution in [0, 0.1) is 10.1 Å². The Hall–Kier alpha value is -2.72. The van der Waals surface area contributed by atoms with Crippen LogP contribution in [0.5, 0.6) is 5.75 Å². The van der Waals surface area contributed by atoms with E-state index in [1.807, 2.05) is 0 Å². The molecule has 0 aliphatic heterocycles. The molecule has 0 unspecified atom stereocenters. The van der Waals surface area contributed by atoms with Crippen molar-refractivity contribution in [1.29, 1.82) is 0 Å². The Bertz CT molecular complexity index is 824. The summed E-state index contributed by atoms with van der Waals surface area (Å²) in [5, 5.41) is 26.7. The average molecular weight is 385 g/mol. The monoisotopic (exact) mass is 384 g/mol. The second-order valence-electron chi connectivity index (χ2n) is 4.62. The molecule has 11 heteroatoms. The number of halogens is 1. The number of thiazole rings is 1. The first-order chi connectivity index (χ1) is 11.9. The van der Waals surface area contributed by atoms with E-state index in [1.165, 1.54) is 23.6 Å². The van der Waals surface area contributed by atoms with Gasteiger partial charge in [0.05, 0.1) is 29.9 Å². The van der Waals surface area contributed by atoms with Crippen LogP contribution < -0.4 is 5.43 Å². The SMILES string of the molecule is CCOC(=O)Cc1csc(NN=Cc2cc(Cl)cc([N+](=O)[O-])c2O)n1. The molecular weight excluding hydrogens is 372 g/mol. The molecule has 0 bridgehead atoms. The zero-order chi connectivity index (χ0) is 18.4. The van der Waals surface area contributed by atoms with Gasteiger partial charge in [-0.05, 0) is 13.0 Å². The van der Waals surface area contributed by atoms with Gasteiger partial charge >= 0.3 is 11.7 Å². The number of carbonyl (C=O) groups is 1. The van der Waals surface area contributed by atoms with Crippen LogP contribution in [0.15, 0.2) is 22.6 Å². The van der Waals surface area contributed by atoms with Crippen LogP contribution in [0.3, 0.4) is 0 Å². The molecule has 0 radical (unpaired) electrons. The van der Waals surface area contributed by atoms with E-state index >= 15 is 0 Å². The second-order valence-corrected chi connectivity index (χ2v) is 5.91. The van der Waals surface area contributed by atoms with E-state index in [2.05, 4.69) is 15.5 Å². The number of esters is 1. The van der Waals surface area contributed by atoms with Crippen LogP contribution in [0.2, 0.25) is 5.02 Å². The number of aromatic nitrogens is 1. The molecule has 0 aliphatic rings. The number of hydrogen-bond acceptors (Lipinski definition) is 9. The highest BCUT2D eigenvalue weighted by molar-refractivity contribution is 7.13. The van der Waals surface area contributed by atoms with Gasteiger partial charge in [-0.15, -0.1) is 11.3 Å². The van der Waals surface area contributed by atoms with Crippen LogP contribution >= 0.6 is 22.9 Å². The van der Waals surface area contributed by atoms with Gasteiger partial charge in [0.15, 0.2) is 0 Å². The maximum Gasteiger partial charge on any atom is 0.312 e. The fourth-order valence-electron chi connectivity index (χ4n) is 1.80. The number of nitrogens with one attached hydrogen (secondary N) is 1. The number of nitro benzene ring substituents is 1. The van der Waals surface area contributed by atoms with Gasteiger partial charge in [0.25, 0.3) is 0 Å². The first kappa shape index (κ1) is 18.6. The lowest BCUT2D eigenvalue weighted by molar-refractivity contribution is -0.385. The number of nitrogens with zero attached hydrogens (tertiary/aromatic N) is 3. The Labute approximate surface area is 151 Å². The zero-order valence-corrected chi connectivity index (χ0v) is 14.5. The summed E-state index contributed by atoms with van der Waals surface area (Å²) in [6, 6.07) is 2.38. The molecule has 0 saturated carbocycles. The largest absolute Gasteiger partial charge is 0.502 e. The number of phenolic OH excluding ortho intramolecular Hbond substituents is 1. The second kappa shape index (κ2) is 8.40. The number of hydrazone groups is 1. The van der Waals surface area contributed by atoms with Gasteiger partial charge in [0.2, 0.25) is 10.9 Å². The summed E-state index contributed by atoms with van der Waals surface area (Å²) >= 11 is 7.01. The molecule has 1 aromatic carbocycles. The Balaban J connectivity index is 2.06. The lowest BCUT2D eigenvalue weighted by Crippen LogP contribution is -2.07. The van der Waals surface area contributed by atoms with Crippen molar-refractivity contribution in [2.75, 3.05) is 12.0 Å². The van der Waals surface area contributed by atoms with Crippen LogP contribution in [-0.2, 0) is 16.0 Å². The van der Waals surface area contributed by atoms with E-state index < -0.39 is 16.4 Å². The molecule has 1 aromatic heterocycles. The highest BCUT2D eigenvalue weighted by Crippen LogP contribution is 2.32. The molecule has 2 aromatic rings. The van der Waals surface area contributed by atoms with Crippen molar-refractivity contribution < 1.29 is 19.6 Å². The van der Waals surface area contributed by atoms with Crippen LogP contribution in [-0.4, -0.2) is 33.8 Å². The number of ether oxygens (including phenoxy) is 1. The highest BCUT2D eigenvalue weighted by Gasteiger charge is 2.17. The first-order valence-corrected chi connectivity index (χ1v) is 8.22. The molecule has 0 atom stereocenters. The highest BCUT2D eigenvalue weighted by atomic mass is 35.5. The Kier molecular flexibility index (Phi) is 6.25. The number of aromatic hydroxyl groups is 1. The number of anilines is 1. The van der Waals surface area contributed by atoms with Gasteiger partial charge in [0, 0.05) is 22.0 Å². The first-order valence-electron chi connectivity index (χ1n) is 6.96. The number of phenols is 1. The van der Waals surface area contributed by atoms with Crippen molar-refractivity contribution in [2.45, 2.75) is 13.3 Å². The Morgan fingerprint density at radius 2 is 2.36 bits per heavy atom. The molecule has 2 rings (SSSR count). The molecule has 25 heavy (non-hydrogen) atoms. The summed E-state index contributed by atoms with van der Waals surface area (Å²) in [6.45, 7) is 2.02. The third kappa shape index (κ3) is 5.13. The quantitative estimate of drug-likeness (QED) is 0.325. The van der Waals surface area contributed by atoms with Crippen LogP contribution in [0.1, 0.15) is 18.2 Å². The number of benzene rings is 1. The molecule has 0 saturated heterocycles. The van der Waals surface area contributed by atoms with Gasteiger partial charge < -0.3 is 9.84 Å². The van der Waals surface area contributed by atoms with Crippen molar-refractivity contribution in [3.63, 3.8) is 0 Å². The smallest absolute Gasteiger partial charge is 0.312 e. The summed E-state index contributed by atoms with van der Waals surface area (Å²) in [5.41, 5.74) is 2.71. The Morgan fingerprint density at radius 3 is 3.04 bits per heavy atom. The van der Waals surface area contributed by atoms with Crippen LogP contribution in [0.4, 0.5) is 10.8 Å². The number of rotatable bonds is 7. The minimum absolute atomic E-state index is 0.0526. The van der Waals surface area contributed by atoms with Gasteiger partial charge in [-0.25, -0.2) is 4.98 Å². The molecular formula is C14H13ClN4O5S. The van der Waals surface area contributed by atoms with E-state index in [1.54, 1.807) is 12.3 Å². The average Bonchev–Trinajstić information content (AvgIpc) is 2.97. The number of nitro groups is 1. The maximum absolute atomic E-state index is 11.4. The molecule has 0 amide bonds. The van der Waals surface area contributed by atoms with Crippen LogP contribution in [0.25, 0.3) is 0 Å². The summed E-state index contributed by atoms with van der Waals surface area (Å²) < 4.78 is 4.83. The van der Waals surface area contributed by atoms with Crippen molar-refractivity contribution >= 4 is 45.9 Å². The molecule has 9 nitrogen and oxygen atoms in total. The van der Waals surface area contributed by atoms with E-state index in [0.717, 1.165) is 6.07 Å². The molecule has 0 spiro atoms. The van der Waals surface area contributed by atoms with E-state index in [4.69, 9.17) is 16.3 Å². The minimum atomic E-state index is -0.742. The van der Waals surface area contributed by atoms with Gasteiger partial charge in [-0.2, -0.15) is 5.10 Å². The molecule has 1 heterocycles. The van der Waals surface area contributed by atoms with Gasteiger partial charge in [0.1, 0.15) is 0 Å². The maximum atomic E-state index is 11.4. The zero-order valence-electron chi connectivity index (χ0n) is 12.9. The Morgan fingerprint density at radius 1 is 1.60 bits per heavy atom. The van der Waals surface area contributed by atoms with E-state index in [9.17, 15) is 20.0 Å². The topological polar surface area (TPSA) is 127 Å². The fourth-order valence-corrected chi connectivity index (χ4v) is 2.68. The predicted molar refractivity (Wildman–Crippen MR) is 93.4 cm³/mol. The van der Waals surface area contributed by atoms with Gasteiger partial charge in [-0.3, -0.25) is 20.3 Å². The summed E-state index contributed by atoms with van der Waals surface area (Å²) in [5.74, 6) is -0.916. The third-order valence-electron chi connectivity index (χ3n) is 2.83. The summed E-state index contributed by atoms with van der Waals surface area (Å²) in [7, 11) is 0. The standard InChI is InChI=1S/C14H13ClN4O5S/c1-2-24-12(20)5-10-7-25-14(17-10)18-16-6-8-3-9(15)4-11(13(8)21)19(22)23/h3-4,6-7,21H,2,5H2,1H3,(H,17,18).